The summed E-state index contributed by atoms with van der Waals surface area (Å²) in [5, 5.41) is 11.5. The van der Waals surface area contributed by atoms with Crippen molar-refractivity contribution < 1.29 is 4.92 Å². The van der Waals surface area contributed by atoms with Crippen molar-refractivity contribution in [1.82, 2.24) is 4.90 Å². The highest BCUT2D eigenvalue weighted by molar-refractivity contribution is 9.08. The van der Waals surface area contributed by atoms with Gasteiger partial charge in [-0.1, -0.05) is 15.9 Å². The molecule has 0 N–H and O–H groups in total. The van der Waals surface area contributed by atoms with Gasteiger partial charge in [0, 0.05) is 42.3 Å². The van der Waals surface area contributed by atoms with Crippen molar-refractivity contribution >= 4 is 27.3 Å². The average Bonchev–Trinajstić information content (AvgIpc) is 3.17. The van der Waals surface area contributed by atoms with E-state index >= 15 is 0 Å². The molecule has 0 spiro atoms. The highest BCUT2D eigenvalue weighted by Gasteiger charge is 2.30. The molecule has 0 bridgehead atoms. The number of nitrogens with zero attached hydrogens (tertiary/aromatic N) is 3. The maximum absolute atomic E-state index is 10.9. The molecule has 1 unspecified atom stereocenters. The van der Waals surface area contributed by atoms with Crippen LogP contribution in [-0.2, 0) is 5.33 Å². The number of hydrogen-bond acceptors (Lipinski definition) is 4. The third-order valence-electron chi connectivity index (χ3n) is 4.58. The van der Waals surface area contributed by atoms with E-state index in [9.17, 15) is 10.1 Å². The minimum atomic E-state index is -0.326. The van der Waals surface area contributed by atoms with Crippen LogP contribution in [0.25, 0.3) is 0 Å². The molecular formula is C15H20BrN3O2. The standard InChI is InChI=1S/C15H20BrN3O2/c16-10-12-9-13(19(20)21)3-4-15(12)18-8-5-14(11-18)17-6-1-2-7-17/h3-4,9,14H,1-2,5-8,10-11H2. The fraction of sp³-hybridized carbons (Fsp3) is 0.600. The third-order valence-corrected chi connectivity index (χ3v) is 5.18. The van der Waals surface area contributed by atoms with Crippen LogP contribution in [0.2, 0.25) is 0 Å². The van der Waals surface area contributed by atoms with E-state index in [-0.39, 0.29) is 10.6 Å². The number of nitro groups is 1. The maximum atomic E-state index is 10.9. The zero-order valence-corrected chi connectivity index (χ0v) is 13.6. The molecule has 0 saturated carbocycles. The molecule has 1 atom stereocenters. The summed E-state index contributed by atoms with van der Waals surface area (Å²) in [6, 6.07) is 5.85. The molecule has 114 valence electrons. The zero-order chi connectivity index (χ0) is 14.8. The van der Waals surface area contributed by atoms with Gasteiger partial charge in [0.1, 0.15) is 0 Å². The highest BCUT2D eigenvalue weighted by atomic mass is 79.9. The first kappa shape index (κ1) is 14.8. The number of rotatable bonds is 4. The van der Waals surface area contributed by atoms with E-state index in [1.165, 1.54) is 32.4 Å². The zero-order valence-electron chi connectivity index (χ0n) is 12.0. The lowest BCUT2D eigenvalue weighted by molar-refractivity contribution is -0.384. The summed E-state index contributed by atoms with van der Waals surface area (Å²) in [5.41, 5.74) is 2.31. The maximum Gasteiger partial charge on any atom is 0.269 e. The first-order valence-corrected chi connectivity index (χ1v) is 8.63. The van der Waals surface area contributed by atoms with Gasteiger partial charge in [-0.2, -0.15) is 0 Å². The molecule has 1 aromatic carbocycles. The smallest absolute Gasteiger partial charge is 0.269 e. The number of non-ortho nitro benzene ring substituents is 1. The van der Waals surface area contributed by atoms with Crippen LogP contribution in [0.15, 0.2) is 18.2 Å². The van der Waals surface area contributed by atoms with Gasteiger partial charge in [-0.15, -0.1) is 0 Å². The Morgan fingerprint density at radius 3 is 2.71 bits per heavy atom. The second-order valence-corrected chi connectivity index (χ2v) is 6.40. The molecule has 21 heavy (non-hydrogen) atoms. The number of likely N-dealkylation sites (tertiary alicyclic amines) is 1. The van der Waals surface area contributed by atoms with Crippen LogP contribution < -0.4 is 4.90 Å². The summed E-state index contributed by atoms with van der Waals surface area (Å²) in [5.74, 6) is 0. The van der Waals surface area contributed by atoms with Crippen molar-refractivity contribution in [3.05, 3.63) is 33.9 Å². The Morgan fingerprint density at radius 2 is 2.05 bits per heavy atom. The quantitative estimate of drug-likeness (QED) is 0.474. The Hall–Kier alpha value is -1.14. The van der Waals surface area contributed by atoms with E-state index in [1.807, 2.05) is 6.07 Å². The van der Waals surface area contributed by atoms with E-state index in [2.05, 4.69) is 25.7 Å². The van der Waals surface area contributed by atoms with Gasteiger partial charge in [-0.25, -0.2) is 0 Å². The first-order valence-electron chi connectivity index (χ1n) is 7.51. The van der Waals surface area contributed by atoms with Gasteiger partial charge in [-0.3, -0.25) is 15.0 Å². The number of anilines is 1. The van der Waals surface area contributed by atoms with Gasteiger partial charge in [-0.05, 0) is 44.0 Å². The van der Waals surface area contributed by atoms with Crippen molar-refractivity contribution in [3.8, 4) is 0 Å². The Balaban J connectivity index is 1.76. The van der Waals surface area contributed by atoms with Crippen LogP contribution in [0.3, 0.4) is 0 Å². The summed E-state index contributed by atoms with van der Waals surface area (Å²) in [7, 11) is 0. The van der Waals surface area contributed by atoms with Crippen LogP contribution in [0.5, 0.6) is 0 Å². The minimum Gasteiger partial charge on any atom is -0.370 e. The summed E-state index contributed by atoms with van der Waals surface area (Å²) in [6.45, 7) is 4.53. The van der Waals surface area contributed by atoms with Gasteiger partial charge in [0.05, 0.1) is 4.92 Å². The van der Waals surface area contributed by atoms with Crippen molar-refractivity contribution in [2.45, 2.75) is 30.6 Å². The van der Waals surface area contributed by atoms with E-state index in [0.29, 0.717) is 11.4 Å². The number of halogens is 1. The third kappa shape index (κ3) is 3.06. The lowest BCUT2D eigenvalue weighted by Crippen LogP contribution is -2.35. The van der Waals surface area contributed by atoms with Gasteiger partial charge in [0.15, 0.2) is 0 Å². The van der Waals surface area contributed by atoms with Crippen molar-refractivity contribution in [2.24, 2.45) is 0 Å². The Bertz CT molecular complexity index is 532. The molecule has 0 aromatic heterocycles. The van der Waals surface area contributed by atoms with Crippen LogP contribution >= 0.6 is 15.9 Å². The number of alkyl halides is 1. The molecule has 2 heterocycles. The summed E-state index contributed by atoms with van der Waals surface area (Å²) >= 11 is 3.46. The first-order chi connectivity index (χ1) is 10.2. The van der Waals surface area contributed by atoms with Crippen molar-refractivity contribution in [1.29, 1.82) is 0 Å². The summed E-state index contributed by atoms with van der Waals surface area (Å²) < 4.78 is 0. The lowest BCUT2D eigenvalue weighted by atomic mass is 10.1. The van der Waals surface area contributed by atoms with Crippen molar-refractivity contribution in [3.63, 3.8) is 0 Å². The number of nitro benzene ring substituents is 1. The molecule has 3 rings (SSSR count). The van der Waals surface area contributed by atoms with Crippen LogP contribution in [0.1, 0.15) is 24.8 Å². The number of hydrogen-bond donors (Lipinski definition) is 0. The molecule has 5 nitrogen and oxygen atoms in total. The molecule has 2 saturated heterocycles. The molecule has 2 aliphatic rings. The largest absolute Gasteiger partial charge is 0.370 e. The van der Waals surface area contributed by atoms with E-state index in [4.69, 9.17) is 0 Å². The van der Waals surface area contributed by atoms with Gasteiger partial charge in [0.25, 0.3) is 5.69 Å². The fourth-order valence-electron chi connectivity index (χ4n) is 3.47. The highest BCUT2D eigenvalue weighted by Crippen LogP contribution is 2.31. The number of benzene rings is 1. The van der Waals surface area contributed by atoms with Crippen molar-refractivity contribution in [2.75, 3.05) is 31.1 Å². The lowest BCUT2D eigenvalue weighted by Gasteiger charge is -2.25. The molecule has 1 aromatic rings. The fourth-order valence-corrected chi connectivity index (χ4v) is 3.92. The molecule has 2 fully saturated rings. The Labute approximate surface area is 133 Å². The molecule has 0 radical (unpaired) electrons. The normalized spacial score (nSPS) is 22.9. The molecular weight excluding hydrogens is 334 g/mol. The molecule has 0 amide bonds. The topological polar surface area (TPSA) is 49.6 Å². The van der Waals surface area contributed by atoms with Crippen LogP contribution in [-0.4, -0.2) is 42.0 Å². The monoisotopic (exact) mass is 353 g/mol. The second-order valence-electron chi connectivity index (χ2n) is 5.84. The van der Waals surface area contributed by atoms with Gasteiger partial charge in [0.2, 0.25) is 0 Å². The SMILES string of the molecule is O=[N+]([O-])c1ccc(N2CCC(N3CCCC3)C2)c(CBr)c1. The van der Waals surface area contributed by atoms with E-state index in [1.54, 1.807) is 12.1 Å². The van der Waals surface area contributed by atoms with Crippen LogP contribution in [0, 0.1) is 10.1 Å². The average molecular weight is 354 g/mol. The van der Waals surface area contributed by atoms with Crippen LogP contribution in [0.4, 0.5) is 11.4 Å². The molecule has 6 heteroatoms. The Morgan fingerprint density at radius 1 is 1.29 bits per heavy atom. The second kappa shape index (κ2) is 6.32. The Kier molecular flexibility index (Phi) is 4.45. The van der Waals surface area contributed by atoms with E-state index < -0.39 is 0 Å². The van der Waals surface area contributed by atoms with Gasteiger partial charge < -0.3 is 4.90 Å². The predicted octanol–water partition coefficient (Wildman–Crippen LogP) is 3.16. The van der Waals surface area contributed by atoms with E-state index in [0.717, 1.165) is 24.3 Å². The van der Waals surface area contributed by atoms with Gasteiger partial charge >= 0.3 is 0 Å². The molecule has 2 aliphatic heterocycles. The summed E-state index contributed by atoms with van der Waals surface area (Å²) in [4.78, 5) is 15.5. The molecule has 0 aliphatic carbocycles. The predicted molar refractivity (Wildman–Crippen MR) is 87.2 cm³/mol. The minimum absolute atomic E-state index is 0.170. The summed E-state index contributed by atoms with van der Waals surface area (Å²) in [6.07, 6.45) is 3.83.